The highest BCUT2D eigenvalue weighted by Gasteiger charge is 2.19. The SMILES string of the molecule is CCCCCCC/C=C\C/C=C\C/C=C\CCCCCCCCCCCCCCCCCCC(=O)OCC(COC(=O)CCCCCCCCCCCCC)OC(=O)CCCCCCCCC/C=C\CCCCCCCCC. The molecule has 0 aromatic rings. The van der Waals surface area contributed by atoms with Crippen molar-refractivity contribution in [3.05, 3.63) is 48.6 Å². The minimum Gasteiger partial charge on any atom is -0.462 e. The van der Waals surface area contributed by atoms with Crippen molar-refractivity contribution in [3.63, 3.8) is 0 Å². The summed E-state index contributed by atoms with van der Waals surface area (Å²) in [7, 11) is 0. The molecule has 78 heavy (non-hydrogen) atoms. The van der Waals surface area contributed by atoms with Crippen LogP contribution in [0, 0.1) is 0 Å². The Balaban J connectivity index is 4.14. The minimum atomic E-state index is -0.772. The van der Waals surface area contributed by atoms with Crippen LogP contribution >= 0.6 is 0 Å². The predicted molar refractivity (Wildman–Crippen MR) is 339 cm³/mol. The Labute approximate surface area is 486 Å². The second-order valence-corrected chi connectivity index (χ2v) is 23.4. The molecule has 0 amide bonds. The molecule has 0 aromatic carbocycles. The molecule has 0 bridgehead atoms. The Morgan fingerprint density at radius 3 is 0.731 bits per heavy atom. The molecule has 0 N–H and O–H groups in total. The molecule has 0 fully saturated rings. The van der Waals surface area contributed by atoms with Crippen molar-refractivity contribution in [3.8, 4) is 0 Å². The van der Waals surface area contributed by atoms with Crippen LogP contribution in [-0.2, 0) is 28.6 Å². The van der Waals surface area contributed by atoms with Crippen LogP contribution in [0.25, 0.3) is 0 Å². The van der Waals surface area contributed by atoms with Crippen LogP contribution in [-0.4, -0.2) is 37.2 Å². The zero-order chi connectivity index (χ0) is 56.4. The highest BCUT2D eigenvalue weighted by atomic mass is 16.6. The highest BCUT2D eigenvalue weighted by Crippen LogP contribution is 2.18. The number of carbonyl (C=O) groups is 3. The zero-order valence-corrected chi connectivity index (χ0v) is 52.5. The molecule has 0 aliphatic carbocycles. The topological polar surface area (TPSA) is 78.9 Å². The van der Waals surface area contributed by atoms with Gasteiger partial charge in [-0.2, -0.15) is 0 Å². The fraction of sp³-hybridized carbons (Fsp3) is 0.847. The second kappa shape index (κ2) is 66.9. The van der Waals surface area contributed by atoms with Crippen molar-refractivity contribution >= 4 is 17.9 Å². The molecule has 1 unspecified atom stereocenters. The van der Waals surface area contributed by atoms with Gasteiger partial charge in [0, 0.05) is 19.3 Å². The lowest BCUT2D eigenvalue weighted by molar-refractivity contribution is -0.167. The Hall–Kier alpha value is -2.63. The first-order chi connectivity index (χ1) is 38.5. The van der Waals surface area contributed by atoms with Gasteiger partial charge in [0.25, 0.3) is 0 Å². The van der Waals surface area contributed by atoms with E-state index in [4.69, 9.17) is 14.2 Å². The Morgan fingerprint density at radius 2 is 0.462 bits per heavy atom. The number of hydrogen-bond acceptors (Lipinski definition) is 6. The van der Waals surface area contributed by atoms with E-state index in [2.05, 4.69) is 69.4 Å². The van der Waals surface area contributed by atoms with E-state index < -0.39 is 6.10 Å². The summed E-state index contributed by atoms with van der Waals surface area (Å²) in [4.78, 5) is 38.3. The molecule has 0 aliphatic rings. The maximum atomic E-state index is 12.9. The molecule has 0 saturated carbocycles. The summed E-state index contributed by atoms with van der Waals surface area (Å²) in [6.07, 6.45) is 84.3. The van der Waals surface area contributed by atoms with E-state index >= 15 is 0 Å². The van der Waals surface area contributed by atoms with E-state index in [-0.39, 0.29) is 31.1 Å². The number of allylic oxidation sites excluding steroid dienone is 8. The number of esters is 3. The first-order valence-electron chi connectivity index (χ1n) is 34.6. The molecule has 456 valence electrons. The minimum absolute atomic E-state index is 0.0697. The molecule has 0 radical (unpaired) electrons. The summed E-state index contributed by atoms with van der Waals surface area (Å²) in [5.41, 5.74) is 0. The van der Waals surface area contributed by atoms with Crippen molar-refractivity contribution < 1.29 is 28.6 Å². The molecule has 6 nitrogen and oxygen atoms in total. The summed E-state index contributed by atoms with van der Waals surface area (Å²) in [5.74, 6) is -0.852. The smallest absolute Gasteiger partial charge is 0.306 e. The van der Waals surface area contributed by atoms with Gasteiger partial charge in [-0.1, -0.05) is 320 Å². The summed E-state index contributed by atoms with van der Waals surface area (Å²) < 4.78 is 16.9. The van der Waals surface area contributed by atoms with Gasteiger partial charge < -0.3 is 14.2 Å². The third kappa shape index (κ3) is 64.2. The van der Waals surface area contributed by atoms with Gasteiger partial charge in [-0.3, -0.25) is 14.4 Å². The lowest BCUT2D eigenvalue weighted by Gasteiger charge is -2.18. The van der Waals surface area contributed by atoms with Gasteiger partial charge in [0.2, 0.25) is 0 Å². The van der Waals surface area contributed by atoms with Crippen LogP contribution in [0.1, 0.15) is 374 Å². The quantitative estimate of drug-likeness (QED) is 0.0261. The number of hydrogen-bond donors (Lipinski definition) is 0. The standard InChI is InChI=1S/C72H132O6/c1-4-7-10-13-16-19-22-24-26-28-30-31-32-33-34-35-36-37-38-39-40-41-42-44-45-47-50-53-56-59-62-65-71(74)77-68-69(67-76-70(73)64-61-58-55-52-49-21-18-15-12-9-6-3)78-72(75)66-63-60-57-54-51-48-46-43-29-27-25-23-20-17-14-11-8-5-2/h22,24,27-30,32-33,69H,4-21,23,25-26,31,34-68H2,1-3H3/b24-22-,29-27-,30-28-,33-32-. The third-order valence-electron chi connectivity index (χ3n) is 15.6. The van der Waals surface area contributed by atoms with E-state index in [1.165, 1.54) is 263 Å². The van der Waals surface area contributed by atoms with Crippen molar-refractivity contribution in [1.82, 2.24) is 0 Å². The fourth-order valence-electron chi connectivity index (χ4n) is 10.3. The summed E-state index contributed by atoms with van der Waals surface area (Å²) in [5, 5.41) is 0. The Kier molecular flexibility index (Phi) is 64.6. The van der Waals surface area contributed by atoms with E-state index in [1.54, 1.807) is 0 Å². The molecule has 0 heterocycles. The van der Waals surface area contributed by atoms with Gasteiger partial charge in [-0.15, -0.1) is 0 Å². The Morgan fingerprint density at radius 1 is 0.256 bits per heavy atom. The van der Waals surface area contributed by atoms with Crippen LogP contribution in [0.15, 0.2) is 48.6 Å². The average molecular weight is 1090 g/mol. The van der Waals surface area contributed by atoms with Crippen LogP contribution < -0.4 is 0 Å². The molecular weight excluding hydrogens is 961 g/mol. The summed E-state index contributed by atoms with van der Waals surface area (Å²) >= 11 is 0. The molecule has 1 atom stereocenters. The summed E-state index contributed by atoms with van der Waals surface area (Å²) in [6.45, 7) is 6.67. The monoisotopic (exact) mass is 1090 g/mol. The maximum absolute atomic E-state index is 12.9. The molecular formula is C72H132O6. The van der Waals surface area contributed by atoms with Gasteiger partial charge in [-0.05, 0) is 83.5 Å². The van der Waals surface area contributed by atoms with Crippen molar-refractivity contribution in [2.45, 2.75) is 380 Å². The fourth-order valence-corrected chi connectivity index (χ4v) is 10.3. The number of carbonyl (C=O) groups excluding carboxylic acids is 3. The van der Waals surface area contributed by atoms with Crippen molar-refractivity contribution in [2.24, 2.45) is 0 Å². The highest BCUT2D eigenvalue weighted by molar-refractivity contribution is 5.71. The van der Waals surface area contributed by atoms with Crippen molar-refractivity contribution in [2.75, 3.05) is 13.2 Å². The van der Waals surface area contributed by atoms with Crippen LogP contribution in [0.4, 0.5) is 0 Å². The average Bonchev–Trinajstić information content (AvgIpc) is 3.44. The largest absolute Gasteiger partial charge is 0.462 e. The summed E-state index contributed by atoms with van der Waals surface area (Å²) in [6, 6.07) is 0. The molecule has 0 aliphatic heterocycles. The van der Waals surface area contributed by atoms with Gasteiger partial charge in [-0.25, -0.2) is 0 Å². The lowest BCUT2D eigenvalue weighted by atomic mass is 10.0. The molecule has 0 spiro atoms. The van der Waals surface area contributed by atoms with Crippen LogP contribution in [0.3, 0.4) is 0 Å². The number of ether oxygens (including phenoxy) is 3. The first-order valence-corrected chi connectivity index (χ1v) is 34.6. The van der Waals surface area contributed by atoms with E-state index in [0.717, 1.165) is 70.6 Å². The lowest BCUT2D eigenvalue weighted by Crippen LogP contribution is -2.30. The first kappa shape index (κ1) is 75.4. The zero-order valence-electron chi connectivity index (χ0n) is 52.5. The second-order valence-electron chi connectivity index (χ2n) is 23.4. The molecule has 6 heteroatoms. The van der Waals surface area contributed by atoms with Gasteiger partial charge in [0.15, 0.2) is 6.10 Å². The predicted octanol–water partition coefficient (Wildman–Crippen LogP) is 23.7. The van der Waals surface area contributed by atoms with Gasteiger partial charge in [0.1, 0.15) is 13.2 Å². The van der Waals surface area contributed by atoms with E-state index in [0.29, 0.717) is 19.3 Å². The van der Waals surface area contributed by atoms with E-state index in [1.807, 2.05) is 0 Å². The molecule has 0 rings (SSSR count). The van der Waals surface area contributed by atoms with Gasteiger partial charge in [0.05, 0.1) is 0 Å². The van der Waals surface area contributed by atoms with Crippen molar-refractivity contribution in [1.29, 1.82) is 0 Å². The number of rotatable bonds is 64. The van der Waals surface area contributed by atoms with Crippen LogP contribution in [0.5, 0.6) is 0 Å². The van der Waals surface area contributed by atoms with E-state index in [9.17, 15) is 14.4 Å². The normalized spacial score (nSPS) is 12.3. The molecule has 0 aromatic heterocycles. The van der Waals surface area contributed by atoms with Gasteiger partial charge >= 0.3 is 17.9 Å². The molecule has 0 saturated heterocycles. The van der Waals surface area contributed by atoms with Crippen LogP contribution in [0.2, 0.25) is 0 Å². The Bertz CT molecular complexity index is 1350. The number of unbranched alkanes of at least 4 members (excludes halogenated alkanes) is 45. The third-order valence-corrected chi connectivity index (χ3v) is 15.6. The maximum Gasteiger partial charge on any atom is 0.306 e.